The van der Waals surface area contributed by atoms with Crippen LogP contribution in [-0.2, 0) is 6.54 Å². The molecule has 2 unspecified atom stereocenters. The van der Waals surface area contributed by atoms with Crippen molar-refractivity contribution in [3.63, 3.8) is 0 Å². The number of nitrogens with zero attached hydrogens (tertiary/aromatic N) is 1. The Morgan fingerprint density at radius 3 is 2.61 bits per heavy atom. The first kappa shape index (κ1) is 23.2. The molecule has 1 aliphatic rings. The quantitative estimate of drug-likeness (QED) is 0.482. The predicted molar refractivity (Wildman–Crippen MR) is 121 cm³/mol. The molecule has 2 aromatic carbocycles. The lowest BCUT2D eigenvalue weighted by atomic mass is 9.89. The highest BCUT2D eigenvalue weighted by atomic mass is 19.4. The van der Waals surface area contributed by atoms with E-state index in [2.05, 4.69) is 15.0 Å². The Morgan fingerprint density at radius 1 is 1.15 bits per heavy atom. The largest absolute Gasteiger partial charge is 0.573 e. The number of nitrogens with one attached hydrogen (secondary N) is 2. The Hall–Kier alpha value is -3.00. The molecule has 0 spiro atoms. The average molecular weight is 460 g/mol. The molecule has 4 rings (SSSR count). The fraction of sp³-hybridized carbons (Fsp3) is 0.400. The average Bonchev–Trinajstić information content (AvgIpc) is 3.23. The van der Waals surface area contributed by atoms with Crippen molar-refractivity contribution < 1.29 is 22.7 Å². The van der Waals surface area contributed by atoms with Crippen molar-refractivity contribution in [2.45, 2.75) is 57.6 Å². The molecule has 5 nitrogen and oxygen atoms in total. The van der Waals surface area contributed by atoms with Crippen LogP contribution in [0.4, 0.5) is 13.2 Å². The normalized spacial score (nSPS) is 18.9. The second-order valence-corrected chi connectivity index (χ2v) is 8.45. The molecule has 33 heavy (non-hydrogen) atoms. The van der Waals surface area contributed by atoms with Gasteiger partial charge in [0.25, 0.3) is 5.91 Å². The predicted octanol–water partition coefficient (Wildman–Crippen LogP) is 5.63. The van der Waals surface area contributed by atoms with Gasteiger partial charge in [-0.15, -0.1) is 13.2 Å². The Morgan fingerprint density at radius 2 is 1.91 bits per heavy atom. The number of fused-ring (bicyclic) bond motifs is 1. The number of amides is 1. The lowest BCUT2D eigenvalue weighted by molar-refractivity contribution is -0.274. The van der Waals surface area contributed by atoms with Crippen LogP contribution in [0.25, 0.3) is 10.9 Å². The summed E-state index contributed by atoms with van der Waals surface area (Å²) >= 11 is 0. The fourth-order valence-electron chi connectivity index (χ4n) is 4.61. The lowest BCUT2D eigenvalue weighted by Gasteiger charge is -2.37. The van der Waals surface area contributed by atoms with Gasteiger partial charge in [0.1, 0.15) is 11.4 Å². The molecule has 3 aromatic rings. The molecule has 0 saturated heterocycles. The van der Waals surface area contributed by atoms with E-state index in [4.69, 9.17) is 0 Å². The van der Waals surface area contributed by atoms with E-state index in [9.17, 15) is 18.0 Å². The van der Waals surface area contributed by atoms with Crippen molar-refractivity contribution in [1.82, 2.24) is 15.2 Å². The molecule has 176 valence electrons. The number of ether oxygens (including phenoxy) is 1. The van der Waals surface area contributed by atoms with Crippen molar-refractivity contribution in [3.8, 4) is 5.75 Å². The van der Waals surface area contributed by atoms with Gasteiger partial charge in [0.15, 0.2) is 0 Å². The third-order valence-electron chi connectivity index (χ3n) is 6.20. The summed E-state index contributed by atoms with van der Waals surface area (Å²) in [4.78, 5) is 18.4. The van der Waals surface area contributed by atoms with Crippen molar-refractivity contribution in [3.05, 3.63) is 65.9 Å². The summed E-state index contributed by atoms with van der Waals surface area (Å²) in [6.45, 7) is 3.18. The van der Waals surface area contributed by atoms with Crippen LogP contribution in [0.5, 0.6) is 5.75 Å². The second kappa shape index (κ2) is 9.87. The summed E-state index contributed by atoms with van der Waals surface area (Å²) in [7, 11) is 0. The monoisotopic (exact) mass is 459 g/mol. The Labute approximate surface area is 190 Å². The Kier molecular flexibility index (Phi) is 6.93. The molecule has 2 atom stereocenters. The minimum Gasteiger partial charge on any atom is -0.406 e. The van der Waals surface area contributed by atoms with Crippen LogP contribution in [0.1, 0.15) is 48.7 Å². The van der Waals surface area contributed by atoms with Gasteiger partial charge in [0, 0.05) is 36.1 Å². The van der Waals surface area contributed by atoms with Gasteiger partial charge >= 0.3 is 6.36 Å². The summed E-state index contributed by atoms with van der Waals surface area (Å²) in [5.41, 5.74) is 2.44. The van der Waals surface area contributed by atoms with Crippen LogP contribution in [0, 0.1) is 0 Å². The number of aromatic nitrogens is 1. The van der Waals surface area contributed by atoms with Gasteiger partial charge in [-0.3, -0.25) is 4.79 Å². The highest BCUT2D eigenvalue weighted by Crippen LogP contribution is 2.26. The van der Waals surface area contributed by atoms with E-state index in [1.165, 1.54) is 12.1 Å². The van der Waals surface area contributed by atoms with Crippen molar-refractivity contribution >= 4 is 16.8 Å². The van der Waals surface area contributed by atoms with Crippen LogP contribution in [0.3, 0.4) is 0 Å². The first-order valence-electron chi connectivity index (χ1n) is 11.3. The number of carbonyl (C=O) groups excluding carboxylic acids is 1. The van der Waals surface area contributed by atoms with Gasteiger partial charge < -0.3 is 19.9 Å². The SMILES string of the molecule is CCN(C(=O)c1cc2ccccc2[nH]1)C1CCCC(NCc2ccc(OC(F)(F)F)cc2)C1. The van der Waals surface area contributed by atoms with E-state index in [0.29, 0.717) is 18.8 Å². The molecule has 1 aliphatic carbocycles. The number of alkyl halides is 3. The first-order chi connectivity index (χ1) is 15.8. The van der Waals surface area contributed by atoms with Gasteiger partial charge in [-0.2, -0.15) is 0 Å². The zero-order chi connectivity index (χ0) is 23.4. The van der Waals surface area contributed by atoms with Crippen molar-refractivity contribution in [1.29, 1.82) is 0 Å². The van der Waals surface area contributed by atoms with Gasteiger partial charge in [-0.1, -0.05) is 30.3 Å². The molecule has 1 saturated carbocycles. The number of aromatic amines is 1. The molecular weight excluding hydrogens is 431 g/mol. The van der Waals surface area contributed by atoms with Gasteiger partial charge in [0.05, 0.1) is 0 Å². The third-order valence-corrected chi connectivity index (χ3v) is 6.20. The standard InChI is InChI=1S/C25H28F3N3O2/c1-2-31(24(32)23-14-18-6-3-4-9-22(18)30-23)20-8-5-7-19(15-20)29-16-17-10-12-21(13-11-17)33-25(26,27)28/h3-4,6,9-14,19-20,29-30H,2,5,7-8,15-16H2,1H3. The summed E-state index contributed by atoms with van der Waals surface area (Å²) in [5, 5.41) is 4.53. The molecule has 0 aliphatic heterocycles. The van der Waals surface area contributed by atoms with Gasteiger partial charge in [-0.05, 0) is 62.4 Å². The molecule has 0 radical (unpaired) electrons. The number of rotatable bonds is 7. The smallest absolute Gasteiger partial charge is 0.406 e. The molecule has 1 heterocycles. The van der Waals surface area contributed by atoms with E-state index in [1.54, 1.807) is 12.1 Å². The second-order valence-electron chi connectivity index (χ2n) is 8.45. The summed E-state index contributed by atoms with van der Waals surface area (Å²) < 4.78 is 40.9. The molecule has 1 amide bonds. The molecular formula is C25H28F3N3O2. The van der Waals surface area contributed by atoms with Crippen LogP contribution in [0.15, 0.2) is 54.6 Å². The third kappa shape index (κ3) is 5.87. The zero-order valence-corrected chi connectivity index (χ0v) is 18.5. The number of halogens is 3. The molecule has 2 N–H and O–H groups in total. The van der Waals surface area contributed by atoms with Crippen LogP contribution in [-0.4, -0.2) is 40.8 Å². The van der Waals surface area contributed by atoms with Gasteiger partial charge in [0.2, 0.25) is 0 Å². The van der Waals surface area contributed by atoms with E-state index in [-0.39, 0.29) is 23.7 Å². The number of hydrogen-bond acceptors (Lipinski definition) is 3. The van der Waals surface area contributed by atoms with E-state index in [0.717, 1.165) is 42.1 Å². The van der Waals surface area contributed by atoms with Crippen LogP contribution in [0.2, 0.25) is 0 Å². The summed E-state index contributed by atoms with van der Waals surface area (Å²) in [6, 6.07) is 16.0. The highest BCUT2D eigenvalue weighted by molar-refractivity contribution is 5.98. The maximum atomic E-state index is 13.2. The maximum Gasteiger partial charge on any atom is 0.573 e. The summed E-state index contributed by atoms with van der Waals surface area (Å²) in [6.07, 6.45) is -0.871. The topological polar surface area (TPSA) is 57.4 Å². The van der Waals surface area contributed by atoms with E-state index >= 15 is 0 Å². The minimum atomic E-state index is -4.69. The van der Waals surface area contributed by atoms with Crippen LogP contribution >= 0.6 is 0 Å². The number of carbonyl (C=O) groups is 1. The lowest BCUT2D eigenvalue weighted by Crippen LogP contribution is -2.46. The molecule has 0 bridgehead atoms. The number of hydrogen-bond donors (Lipinski definition) is 2. The zero-order valence-electron chi connectivity index (χ0n) is 18.5. The summed E-state index contributed by atoms with van der Waals surface area (Å²) in [5.74, 6) is -0.210. The van der Waals surface area contributed by atoms with Gasteiger partial charge in [-0.25, -0.2) is 0 Å². The van der Waals surface area contributed by atoms with Crippen LogP contribution < -0.4 is 10.1 Å². The highest BCUT2D eigenvalue weighted by Gasteiger charge is 2.31. The molecule has 8 heteroatoms. The number of para-hydroxylation sites is 1. The fourth-order valence-corrected chi connectivity index (χ4v) is 4.61. The number of benzene rings is 2. The molecule has 1 fully saturated rings. The number of H-pyrrole nitrogens is 1. The Bertz CT molecular complexity index is 1050. The maximum absolute atomic E-state index is 13.2. The van der Waals surface area contributed by atoms with Crippen molar-refractivity contribution in [2.24, 2.45) is 0 Å². The van der Waals surface area contributed by atoms with E-state index < -0.39 is 6.36 Å². The molecule has 1 aromatic heterocycles. The first-order valence-corrected chi connectivity index (χ1v) is 11.3. The Balaban J connectivity index is 1.35. The minimum absolute atomic E-state index is 0.0135. The van der Waals surface area contributed by atoms with E-state index in [1.807, 2.05) is 42.2 Å². The van der Waals surface area contributed by atoms with Crippen molar-refractivity contribution in [2.75, 3.05) is 6.54 Å².